The topological polar surface area (TPSA) is 91.1 Å². The minimum absolute atomic E-state index is 0.257. The zero-order valence-electron chi connectivity index (χ0n) is 10.9. The lowest BCUT2D eigenvalue weighted by Crippen LogP contribution is -2.44. The average Bonchev–Trinajstić information content (AvgIpc) is 2.35. The van der Waals surface area contributed by atoms with Crippen molar-refractivity contribution in [2.24, 2.45) is 5.92 Å². The van der Waals surface area contributed by atoms with Gasteiger partial charge in [0, 0.05) is 18.2 Å². The zero-order valence-corrected chi connectivity index (χ0v) is 10.9. The molecule has 0 bridgehead atoms. The van der Waals surface area contributed by atoms with Gasteiger partial charge < -0.3 is 4.98 Å². The van der Waals surface area contributed by atoms with Crippen molar-refractivity contribution < 1.29 is 9.59 Å². The average molecular weight is 263 g/mol. The van der Waals surface area contributed by atoms with E-state index in [1.54, 1.807) is 6.92 Å². The van der Waals surface area contributed by atoms with E-state index in [9.17, 15) is 14.4 Å². The van der Waals surface area contributed by atoms with Crippen LogP contribution in [-0.2, 0) is 4.79 Å². The van der Waals surface area contributed by atoms with E-state index in [0.29, 0.717) is 6.42 Å². The molecule has 0 spiro atoms. The van der Waals surface area contributed by atoms with Crippen molar-refractivity contribution in [1.82, 2.24) is 15.8 Å². The number of rotatable bonds is 4. The second-order valence-corrected chi connectivity index (χ2v) is 4.45. The normalized spacial score (nSPS) is 11.5. The van der Waals surface area contributed by atoms with Crippen molar-refractivity contribution in [2.45, 2.75) is 20.3 Å². The van der Waals surface area contributed by atoms with Crippen LogP contribution in [0.25, 0.3) is 0 Å². The lowest BCUT2D eigenvalue weighted by atomic mass is 10.0. The Balaban J connectivity index is 2.50. The molecule has 1 atom stereocenters. The van der Waals surface area contributed by atoms with Crippen LogP contribution in [0.5, 0.6) is 0 Å². The minimum Gasteiger partial charge on any atom is -0.328 e. The van der Waals surface area contributed by atoms with Crippen LogP contribution in [0.4, 0.5) is 0 Å². The van der Waals surface area contributed by atoms with Crippen LogP contribution in [-0.4, -0.2) is 16.8 Å². The Hall–Kier alpha value is -2.37. The van der Waals surface area contributed by atoms with E-state index in [4.69, 9.17) is 0 Å². The van der Waals surface area contributed by atoms with E-state index in [0.717, 1.165) is 5.57 Å². The Kier molecular flexibility index (Phi) is 5.05. The highest BCUT2D eigenvalue weighted by Crippen LogP contribution is 2.08. The van der Waals surface area contributed by atoms with Crippen LogP contribution < -0.4 is 16.4 Å². The van der Waals surface area contributed by atoms with Gasteiger partial charge in [0.2, 0.25) is 11.5 Å². The first-order chi connectivity index (χ1) is 8.90. The Labute approximate surface area is 110 Å². The number of H-pyrrole nitrogens is 1. The zero-order chi connectivity index (χ0) is 14.4. The molecule has 102 valence electrons. The molecule has 0 fully saturated rings. The number of carbonyl (C=O) groups excluding carboxylic acids is 2. The molecule has 0 saturated heterocycles. The predicted molar refractivity (Wildman–Crippen MR) is 71.3 cm³/mol. The first-order valence-corrected chi connectivity index (χ1v) is 5.83. The number of hydrazine groups is 1. The monoisotopic (exact) mass is 263 g/mol. The maximum Gasteiger partial charge on any atom is 0.271 e. The van der Waals surface area contributed by atoms with Crippen LogP contribution in [0.1, 0.15) is 30.6 Å². The molecule has 0 saturated carbocycles. The summed E-state index contributed by atoms with van der Waals surface area (Å²) in [5.74, 6) is -1.05. The van der Waals surface area contributed by atoms with Gasteiger partial charge in [0.05, 0.1) is 5.56 Å². The summed E-state index contributed by atoms with van der Waals surface area (Å²) in [6.45, 7) is 7.31. The van der Waals surface area contributed by atoms with Gasteiger partial charge in [0.25, 0.3) is 5.91 Å². The van der Waals surface area contributed by atoms with Crippen molar-refractivity contribution in [1.29, 1.82) is 0 Å². The number of pyridine rings is 1. The molecule has 1 aromatic rings. The third kappa shape index (κ3) is 4.79. The van der Waals surface area contributed by atoms with Gasteiger partial charge in [-0.2, -0.15) is 0 Å². The van der Waals surface area contributed by atoms with Crippen LogP contribution >= 0.6 is 0 Å². The number of hydrogen-bond acceptors (Lipinski definition) is 3. The summed E-state index contributed by atoms with van der Waals surface area (Å²) in [6.07, 6.45) is 1.83. The van der Waals surface area contributed by atoms with Gasteiger partial charge in [0.1, 0.15) is 0 Å². The summed E-state index contributed by atoms with van der Waals surface area (Å²) in [5.41, 5.74) is 5.47. The molecule has 0 radical (unpaired) electrons. The fourth-order valence-electron chi connectivity index (χ4n) is 1.48. The maximum absolute atomic E-state index is 11.6. The molecule has 2 amide bonds. The number of hydrogen-bond donors (Lipinski definition) is 3. The van der Waals surface area contributed by atoms with Gasteiger partial charge in [0.15, 0.2) is 0 Å². The van der Waals surface area contributed by atoms with Crippen molar-refractivity contribution in [2.75, 3.05) is 0 Å². The Morgan fingerprint density at radius 1 is 1.37 bits per heavy atom. The van der Waals surface area contributed by atoms with Crippen LogP contribution in [0.3, 0.4) is 0 Å². The van der Waals surface area contributed by atoms with Gasteiger partial charge in [-0.15, -0.1) is 6.58 Å². The van der Waals surface area contributed by atoms with Gasteiger partial charge in [-0.1, -0.05) is 12.5 Å². The first kappa shape index (κ1) is 14.7. The van der Waals surface area contributed by atoms with Gasteiger partial charge >= 0.3 is 0 Å². The quantitative estimate of drug-likeness (QED) is 0.552. The van der Waals surface area contributed by atoms with Crippen molar-refractivity contribution >= 4 is 11.8 Å². The Morgan fingerprint density at radius 2 is 2.05 bits per heavy atom. The van der Waals surface area contributed by atoms with Gasteiger partial charge in [-0.3, -0.25) is 25.2 Å². The fourth-order valence-corrected chi connectivity index (χ4v) is 1.48. The van der Waals surface area contributed by atoms with E-state index in [1.807, 2.05) is 6.92 Å². The van der Waals surface area contributed by atoms with Gasteiger partial charge in [-0.05, 0) is 19.4 Å². The van der Waals surface area contributed by atoms with E-state index in [1.165, 1.54) is 18.3 Å². The highest BCUT2D eigenvalue weighted by atomic mass is 16.2. The number of carbonyl (C=O) groups is 2. The molecule has 6 heteroatoms. The maximum atomic E-state index is 11.6. The molecule has 0 aliphatic carbocycles. The first-order valence-electron chi connectivity index (χ1n) is 5.83. The summed E-state index contributed by atoms with van der Waals surface area (Å²) in [4.78, 5) is 36.5. The SMILES string of the molecule is C=C(C)CC(C)C(=O)NNC(=O)c1ccc(=O)[nH]c1. The number of nitrogens with one attached hydrogen (secondary N) is 3. The number of aromatic nitrogens is 1. The van der Waals surface area contributed by atoms with E-state index in [2.05, 4.69) is 22.4 Å². The third-order valence-corrected chi connectivity index (χ3v) is 2.45. The number of amides is 2. The van der Waals surface area contributed by atoms with E-state index >= 15 is 0 Å². The molecule has 1 aromatic heterocycles. The van der Waals surface area contributed by atoms with Crippen LogP contribution in [0.15, 0.2) is 35.3 Å². The summed E-state index contributed by atoms with van der Waals surface area (Å²) in [7, 11) is 0. The molecule has 3 N–H and O–H groups in total. The molecule has 1 rings (SSSR count). The number of aromatic amines is 1. The van der Waals surface area contributed by atoms with Gasteiger partial charge in [-0.25, -0.2) is 0 Å². The Morgan fingerprint density at radius 3 is 2.58 bits per heavy atom. The summed E-state index contributed by atoms with van der Waals surface area (Å²) >= 11 is 0. The highest BCUT2D eigenvalue weighted by Gasteiger charge is 2.14. The van der Waals surface area contributed by atoms with Crippen molar-refractivity contribution in [3.05, 3.63) is 46.4 Å². The number of allylic oxidation sites excluding steroid dienone is 1. The smallest absolute Gasteiger partial charge is 0.271 e. The molecule has 1 unspecified atom stereocenters. The molecule has 0 aromatic carbocycles. The fraction of sp³-hybridized carbons (Fsp3) is 0.308. The van der Waals surface area contributed by atoms with Crippen molar-refractivity contribution in [3.8, 4) is 0 Å². The predicted octanol–water partition coefficient (Wildman–Crippen LogP) is 0.738. The second kappa shape index (κ2) is 6.53. The summed E-state index contributed by atoms with van der Waals surface area (Å²) in [6, 6.07) is 2.61. The Bertz CT molecular complexity index is 528. The molecule has 0 aliphatic rings. The molecule has 19 heavy (non-hydrogen) atoms. The van der Waals surface area contributed by atoms with E-state index < -0.39 is 5.91 Å². The molecule has 0 aliphatic heterocycles. The van der Waals surface area contributed by atoms with E-state index in [-0.39, 0.29) is 22.9 Å². The van der Waals surface area contributed by atoms with Crippen molar-refractivity contribution in [3.63, 3.8) is 0 Å². The standard InChI is InChI=1S/C13H17N3O3/c1-8(2)6-9(3)12(18)15-16-13(19)10-4-5-11(17)14-7-10/h4-5,7,9H,1,6H2,2-3H3,(H,14,17)(H,15,18)(H,16,19). The lowest BCUT2D eigenvalue weighted by Gasteiger charge is -2.12. The lowest BCUT2D eigenvalue weighted by molar-refractivity contribution is -0.125. The van der Waals surface area contributed by atoms with Crippen LogP contribution in [0, 0.1) is 5.92 Å². The third-order valence-electron chi connectivity index (χ3n) is 2.45. The minimum atomic E-state index is -0.493. The summed E-state index contributed by atoms with van der Waals surface area (Å²) in [5, 5.41) is 0. The molecular weight excluding hydrogens is 246 g/mol. The molecule has 1 heterocycles. The highest BCUT2D eigenvalue weighted by molar-refractivity contribution is 5.95. The molecular formula is C13H17N3O3. The molecule has 6 nitrogen and oxygen atoms in total. The second-order valence-electron chi connectivity index (χ2n) is 4.45. The summed E-state index contributed by atoms with van der Waals surface area (Å²) < 4.78 is 0. The largest absolute Gasteiger partial charge is 0.328 e. The van der Waals surface area contributed by atoms with Crippen LogP contribution in [0.2, 0.25) is 0 Å².